The zero-order valence-electron chi connectivity index (χ0n) is 12.3. The maximum atomic E-state index is 13.6. The first-order valence-corrected chi connectivity index (χ1v) is 7.52. The van der Waals surface area contributed by atoms with Crippen molar-refractivity contribution in [2.45, 2.75) is 56.0 Å². The molecule has 2 nitrogen and oxygen atoms in total. The highest BCUT2D eigenvalue weighted by atomic mass is 19.4. The summed E-state index contributed by atoms with van der Waals surface area (Å²) in [6.45, 7) is 0. The van der Waals surface area contributed by atoms with Gasteiger partial charge in [-0.05, 0) is 56.5 Å². The van der Waals surface area contributed by atoms with Gasteiger partial charge in [0.25, 0.3) is 0 Å². The molecule has 1 aromatic carbocycles. The minimum atomic E-state index is -4.62. The first kappa shape index (κ1) is 15.7. The Balaban J connectivity index is 1.98. The van der Waals surface area contributed by atoms with E-state index in [-0.39, 0.29) is 17.6 Å². The van der Waals surface area contributed by atoms with Crippen LogP contribution in [-0.2, 0) is 11.8 Å². The first-order valence-electron chi connectivity index (χ1n) is 7.52. The van der Waals surface area contributed by atoms with Gasteiger partial charge in [0.05, 0.1) is 11.2 Å². The van der Waals surface area contributed by atoms with Crippen molar-refractivity contribution in [3.05, 3.63) is 35.1 Å². The van der Waals surface area contributed by atoms with Gasteiger partial charge in [-0.3, -0.25) is 0 Å². The van der Waals surface area contributed by atoms with E-state index in [1.54, 1.807) is 0 Å². The molecule has 2 fully saturated rings. The van der Waals surface area contributed by atoms with E-state index in [2.05, 4.69) is 4.90 Å². The van der Waals surface area contributed by atoms with Gasteiger partial charge in [-0.2, -0.15) is 13.2 Å². The average Bonchev–Trinajstić information content (AvgIpc) is 2.39. The fraction of sp³-hybridized carbons (Fsp3) is 0.625. The number of fused-ring (bicyclic) bond motifs is 2. The Morgan fingerprint density at radius 1 is 1.14 bits per heavy atom. The molecule has 3 rings (SSSR count). The quantitative estimate of drug-likeness (QED) is 0.799. The van der Waals surface area contributed by atoms with E-state index in [1.807, 2.05) is 7.05 Å². The highest BCUT2D eigenvalue weighted by molar-refractivity contribution is 5.32. The molecule has 1 N–H and O–H groups in total. The summed E-state index contributed by atoms with van der Waals surface area (Å²) in [6.07, 6.45) is -1.03. The lowest BCUT2D eigenvalue weighted by Crippen LogP contribution is -2.55. The molecular formula is C16H19F4NO. The standard InChI is InChI=1S/C16H19F4NO/c1-21-13-3-2-4-14(21)9-15(22,8-13)10-5-11(16(18,19)20)7-12(17)6-10/h5-7,13-14,22H,2-4,8-9H2,1H3. The number of halogens is 4. The lowest BCUT2D eigenvalue weighted by molar-refractivity contribution is -0.138. The molecule has 6 heteroatoms. The molecule has 2 aliphatic rings. The maximum Gasteiger partial charge on any atom is 0.416 e. The first-order chi connectivity index (χ1) is 10.2. The van der Waals surface area contributed by atoms with Gasteiger partial charge < -0.3 is 10.0 Å². The van der Waals surface area contributed by atoms with Crippen molar-refractivity contribution in [2.24, 2.45) is 0 Å². The van der Waals surface area contributed by atoms with Crippen molar-refractivity contribution < 1.29 is 22.7 Å². The predicted octanol–water partition coefficient (Wildman–Crippen LogP) is 3.68. The van der Waals surface area contributed by atoms with Gasteiger partial charge in [0.2, 0.25) is 0 Å². The summed E-state index contributed by atoms with van der Waals surface area (Å²) in [6, 6.07) is 2.67. The molecule has 2 aliphatic heterocycles. The molecule has 2 atom stereocenters. The van der Waals surface area contributed by atoms with E-state index in [9.17, 15) is 22.7 Å². The number of nitrogens with zero attached hydrogens (tertiary/aromatic N) is 1. The van der Waals surface area contributed by atoms with Gasteiger partial charge in [0.15, 0.2) is 0 Å². The van der Waals surface area contributed by atoms with Crippen molar-refractivity contribution >= 4 is 0 Å². The Morgan fingerprint density at radius 3 is 2.27 bits per heavy atom. The van der Waals surface area contributed by atoms with Crippen LogP contribution in [0.4, 0.5) is 17.6 Å². The van der Waals surface area contributed by atoms with Gasteiger partial charge >= 0.3 is 6.18 Å². The van der Waals surface area contributed by atoms with Crippen LogP contribution in [0.1, 0.15) is 43.2 Å². The summed E-state index contributed by atoms with van der Waals surface area (Å²) >= 11 is 0. The van der Waals surface area contributed by atoms with Crippen LogP contribution in [0.25, 0.3) is 0 Å². The van der Waals surface area contributed by atoms with Gasteiger partial charge in [0, 0.05) is 12.1 Å². The molecule has 0 radical (unpaired) electrons. The minimum absolute atomic E-state index is 0.0461. The maximum absolute atomic E-state index is 13.6. The molecule has 0 aromatic heterocycles. The second-order valence-corrected chi connectivity index (χ2v) is 6.57. The summed E-state index contributed by atoms with van der Waals surface area (Å²) in [7, 11) is 1.99. The monoisotopic (exact) mass is 317 g/mol. The van der Waals surface area contributed by atoms with E-state index in [0.717, 1.165) is 31.4 Å². The summed E-state index contributed by atoms with van der Waals surface area (Å²) in [4.78, 5) is 2.20. The Labute approximate surface area is 126 Å². The Kier molecular flexibility index (Phi) is 3.72. The fourth-order valence-electron chi connectivity index (χ4n) is 3.91. The molecule has 1 aromatic rings. The van der Waals surface area contributed by atoms with Crippen molar-refractivity contribution in [3.63, 3.8) is 0 Å². The molecule has 0 saturated carbocycles. The van der Waals surface area contributed by atoms with Crippen LogP contribution in [0, 0.1) is 5.82 Å². The highest BCUT2D eigenvalue weighted by Crippen LogP contribution is 2.44. The molecule has 2 saturated heterocycles. The van der Waals surface area contributed by atoms with Crippen molar-refractivity contribution in [1.82, 2.24) is 4.90 Å². The van der Waals surface area contributed by atoms with Crippen LogP contribution in [-0.4, -0.2) is 29.1 Å². The molecule has 2 bridgehead atoms. The molecular weight excluding hydrogens is 298 g/mol. The predicted molar refractivity (Wildman–Crippen MR) is 73.7 cm³/mol. The van der Waals surface area contributed by atoms with E-state index >= 15 is 0 Å². The summed E-state index contributed by atoms with van der Waals surface area (Å²) in [5.74, 6) is -0.956. The van der Waals surface area contributed by atoms with E-state index < -0.39 is 23.2 Å². The summed E-state index contributed by atoms with van der Waals surface area (Å²) in [5.41, 5.74) is -2.38. The number of benzene rings is 1. The molecule has 2 unspecified atom stereocenters. The van der Waals surface area contributed by atoms with Crippen molar-refractivity contribution in [3.8, 4) is 0 Å². The lowest BCUT2D eigenvalue weighted by Gasteiger charge is -2.50. The van der Waals surface area contributed by atoms with Crippen LogP contribution in [0.5, 0.6) is 0 Å². The molecule has 0 amide bonds. The van der Waals surface area contributed by atoms with Gasteiger partial charge in [-0.1, -0.05) is 6.42 Å². The average molecular weight is 317 g/mol. The Hall–Kier alpha value is -1.14. The number of alkyl halides is 3. The largest absolute Gasteiger partial charge is 0.416 e. The summed E-state index contributed by atoms with van der Waals surface area (Å²) in [5, 5.41) is 10.9. The van der Waals surface area contributed by atoms with Crippen LogP contribution >= 0.6 is 0 Å². The number of aliphatic hydroxyl groups is 1. The van der Waals surface area contributed by atoms with Crippen molar-refractivity contribution in [1.29, 1.82) is 0 Å². The van der Waals surface area contributed by atoms with Crippen LogP contribution in [0.2, 0.25) is 0 Å². The smallest absolute Gasteiger partial charge is 0.385 e. The third-order valence-electron chi connectivity index (χ3n) is 5.14. The molecule has 0 aliphatic carbocycles. The molecule has 122 valence electrons. The minimum Gasteiger partial charge on any atom is -0.385 e. The number of rotatable bonds is 1. The third-order valence-corrected chi connectivity index (χ3v) is 5.14. The number of hydrogen-bond acceptors (Lipinski definition) is 2. The number of piperidine rings is 2. The van der Waals surface area contributed by atoms with Gasteiger partial charge in [-0.25, -0.2) is 4.39 Å². The van der Waals surface area contributed by atoms with Crippen LogP contribution in [0.15, 0.2) is 18.2 Å². The van der Waals surface area contributed by atoms with E-state index in [1.165, 1.54) is 0 Å². The van der Waals surface area contributed by atoms with E-state index in [4.69, 9.17) is 0 Å². The van der Waals surface area contributed by atoms with E-state index in [0.29, 0.717) is 18.9 Å². The topological polar surface area (TPSA) is 23.5 Å². The molecule has 2 heterocycles. The number of hydrogen-bond donors (Lipinski definition) is 1. The molecule has 22 heavy (non-hydrogen) atoms. The zero-order valence-corrected chi connectivity index (χ0v) is 12.3. The Morgan fingerprint density at radius 2 is 1.73 bits per heavy atom. The fourth-order valence-corrected chi connectivity index (χ4v) is 3.91. The Bertz CT molecular complexity index is 558. The van der Waals surface area contributed by atoms with Crippen LogP contribution < -0.4 is 0 Å². The lowest BCUT2D eigenvalue weighted by atomic mass is 9.72. The third kappa shape index (κ3) is 2.74. The second kappa shape index (κ2) is 5.20. The van der Waals surface area contributed by atoms with Gasteiger partial charge in [0.1, 0.15) is 5.82 Å². The van der Waals surface area contributed by atoms with Gasteiger partial charge in [-0.15, -0.1) is 0 Å². The summed E-state index contributed by atoms with van der Waals surface area (Å²) < 4.78 is 52.3. The molecule has 0 spiro atoms. The van der Waals surface area contributed by atoms with Crippen LogP contribution in [0.3, 0.4) is 0 Å². The second-order valence-electron chi connectivity index (χ2n) is 6.57. The van der Waals surface area contributed by atoms with Crippen molar-refractivity contribution in [2.75, 3.05) is 7.05 Å². The zero-order chi connectivity index (χ0) is 16.1. The normalized spacial score (nSPS) is 33.0. The highest BCUT2D eigenvalue weighted by Gasteiger charge is 2.45. The SMILES string of the molecule is CN1C2CCCC1CC(O)(c1cc(F)cc(C(F)(F)F)c1)C2.